The number of anilines is 1. The monoisotopic (exact) mass is 538 g/mol. The first-order valence-corrected chi connectivity index (χ1v) is 13.3. The Kier molecular flexibility index (Phi) is 7.65. The minimum absolute atomic E-state index is 0.0224. The van der Waals surface area contributed by atoms with Crippen LogP contribution in [0.5, 0.6) is 17.2 Å². The number of ketones is 1. The molecule has 0 saturated carbocycles. The number of Topliss-reactive ketones (excluding diaryl/α,β-unsaturated/α-hetero) is 1. The topological polar surface area (TPSA) is 85.9 Å². The molecule has 1 aliphatic heterocycles. The molecular formula is C33H34N2O5. The lowest BCUT2D eigenvalue weighted by Crippen LogP contribution is -2.37. The summed E-state index contributed by atoms with van der Waals surface area (Å²) in [5.41, 5.74) is 6.33. The van der Waals surface area contributed by atoms with Gasteiger partial charge in [0.15, 0.2) is 17.3 Å². The molecule has 0 saturated heterocycles. The first-order valence-electron chi connectivity index (χ1n) is 13.3. The van der Waals surface area contributed by atoms with Gasteiger partial charge < -0.3 is 24.8 Å². The Labute approximate surface area is 234 Å². The highest BCUT2D eigenvalue weighted by Gasteiger charge is 2.41. The highest BCUT2D eigenvalue weighted by molar-refractivity contribution is 6.10. The summed E-state index contributed by atoms with van der Waals surface area (Å²) in [7, 11) is 4.78. The number of carbonyl (C=O) groups excluding carboxylic acids is 2. The van der Waals surface area contributed by atoms with E-state index in [9.17, 15) is 9.59 Å². The van der Waals surface area contributed by atoms with E-state index in [4.69, 9.17) is 14.2 Å². The average Bonchev–Trinajstić information content (AvgIpc) is 2.96. The summed E-state index contributed by atoms with van der Waals surface area (Å²) in [5.74, 6) is 1.06. The van der Waals surface area contributed by atoms with Crippen molar-refractivity contribution in [1.29, 1.82) is 0 Å². The Morgan fingerprint density at radius 3 is 2.20 bits per heavy atom. The minimum Gasteiger partial charge on any atom is -0.495 e. The van der Waals surface area contributed by atoms with Gasteiger partial charge in [0.25, 0.3) is 5.91 Å². The van der Waals surface area contributed by atoms with E-state index >= 15 is 0 Å². The molecule has 1 amide bonds. The molecular weight excluding hydrogens is 504 g/mol. The van der Waals surface area contributed by atoms with Crippen molar-refractivity contribution in [3.05, 3.63) is 106 Å². The molecule has 7 nitrogen and oxygen atoms in total. The standard InChI is InChI=1S/C33H34N2O5/c1-19-10-12-21(13-11-19)31-30(33(37)35-24-8-6-7-9-27(24)38-3)20(2)34-25-16-23(17-26(36)32(25)31)22-14-15-28(39-4)29(18-22)40-5/h6-15,18,23,31,34H,16-17H2,1-5H3,(H,35,37)/t23-,31-/m0/s1. The number of amides is 1. The van der Waals surface area contributed by atoms with Crippen molar-refractivity contribution in [1.82, 2.24) is 5.32 Å². The fourth-order valence-corrected chi connectivity index (χ4v) is 5.71. The molecule has 206 valence electrons. The molecule has 0 bridgehead atoms. The fraction of sp³-hybridized carbons (Fsp3) is 0.273. The van der Waals surface area contributed by atoms with Crippen LogP contribution in [0.4, 0.5) is 5.69 Å². The predicted molar refractivity (Wildman–Crippen MR) is 155 cm³/mol. The first-order chi connectivity index (χ1) is 19.3. The van der Waals surface area contributed by atoms with Crippen LogP contribution in [-0.2, 0) is 9.59 Å². The zero-order valence-electron chi connectivity index (χ0n) is 23.5. The van der Waals surface area contributed by atoms with Gasteiger partial charge in [-0.15, -0.1) is 0 Å². The van der Waals surface area contributed by atoms with E-state index in [-0.39, 0.29) is 17.6 Å². The molecule has 40 heavy (non-hydrogen) atoms. The normalized spacial score (nSPS) is 18.6. The van der Waals surface area contributed by atoms with Crippen LogP contribution in [0, 0.1) is 6.92 Å². The lowest BCUT2D eigenvalue weighted by molar-refractivity contribution is -0.116. The quantitative estimate of drug-likeness (QED) is 0.383. The van der Waals surface area contributed by atoms with E-state index in [0.717, 1.165) is 28.1 Å². The zero-order chi connectivity index (χ0) is 28.4. The summed E-state index contributed by atoms with van der Waals surface area (Å²) in [6, 6.07) is 21.1. The number of rotatable bonds is 7. The molecule has 7 heteroatoms. The zero-order valence-corrected chi connectivity index (χ0v) is 23.5. The predicted octanol–water partition coefficient (Wildman–Crippen LogP) is 6.02. The average molecular weight is 539 g/mol. The van der Waals surface area contributed by atoms with Gasteiger partial charge in [-0.3, -0.25) is 9.59 Å². The van der Waals surface area contributed by atoms with Crippen LogP contribution in [0.1, 0.15) is 48.3 Å². The largest absolute Gasteiger partial charge is 0.495 e. The number of nitrogens with one attached hydrogen (secondary N) is 2. The van der Waals surface area contributed by atoms with Gasteiger partial charge in [-0.25, -0.2) is 0 Å². The van der Waals surface area contributed by atoms with Crippen LogP contribution < -0.4 is 24.8 Å². The Morgan fingerprint density at radius 1 is 0.825 bits per heavy atom. The van der Waals surface area contributed by atoms with Crippen molar-refractivity contribution in [3.8, 4) is 17.2 Å². The Morgan fingerprint density at radius 2 is 1.50 bits per heavy atom. The second kappa shape index (κ2) is 11.3. The van der Waals surface area contributed by atoms with Crippen LogP contribution in [-0.4, -0.2) is 33.0 Å². The summed E-state index contributed by atoms with van der Waals surface area (Å²) >= 11 is 0. The van der Waals surface area contributed by atoms with Crippen molar-refractivity contribution in [2.75, 3.05) is 26.6 Å². The van der Waals surface area contributed by atoms with Crippen molar-refractivity contribution in [2.24, 2.45) is 0 Å². The molecule has 0 radical (unpaired) electrons. The number of hydrogen-bond acceptors (Lipinski definition) is 6. The van der Waals surface area contributed by atoms with E-state index in [1.165, 1.54) is 0 Å². The molecule has 1 heterocycles. The molecule has 3 aromatic carbocycles. The number of methoxy groups -OCH3 is 3. The summed E-state index contributed by atoms with van der Waals surface area (Å²) in [4.78, 5) is 27.8. The maximum Gasteiger partial charge on any atom is 0.254 e. The van der Waals surface area contributed by atoms with Crippen molar-refractivity contribution in [3.63, 3.8) is 0 Å². The Bertz CT molecular complexity index is 1520. The number of benzene rings is 3. The number of allylic oxidation sites excluding steroid dienone is 3. The molecule has 0 fully saturated rings. The van der Waals surface area contributed by atoms with Gasteiger partial charge in [0.2, 0.25) is 0 Å². The molecule has 3 aromatic rings. The number of carbonyl (C=O) groups is 2. The molecule has 5 rings (SSSR count). The van der Waals surface area contributed by atoms with Crippen LogP contribution in [0.2, 0.25) is 0 Å². The molecule has 2 atom stereocenters. The summed E-state index contributed by atoms with van der Waals surface area (Å²) in [6.07, 6.45) is 0.969. The van der Waals surface area contributed by atoms with Gasteiger partial charge >= 0.3 is 0 Å². The van der Waals surface area contributed by atoms with Crippen LogP contribution in [0.15, 0.2) is 89.3 Å². The van der Waals surface area contributed by atoms with Gasteiger partial charge in [-0.1, -0.05) is 48.0 Å². The lowest BCUT2D eigenvalue weighted by Gasteiger charge is -2.37. The molecule has 2 aliphatic rings. The highest BCUT2D eigenvalue weighted by atomic mass is 16.5. The fourth-order valence-electron chi connectivity index (χ4n) is 5.71. The maximum atomic E-state index is 13.9. The minimum atomic E-state index is -0.495. The SMILES string of the molecule is COc1ccccc1NC(=O)C1=C(C)NC2=C(C(=O)C[C@@H](c3ccc(OC)c(OC)c3)C2)[C@H]1c1ccc(C)cc1. The molecule has 0 spiro atoms. The molecule has 0 aromatic heterocycles. The van der Waals surface area contributed by atoms with E-state index < -0.39 is 5.92 Å². The molecule has 2 N–H and O–H groups in total. The van der Waals surface area contributed by atoms with Gasteiger partial charge in [0, 0.05) is 34.9 Å². The molecule has 1 aliphatic carbocycles. The third kappa shape index (κ3) is 5.07. The van der Waals surface area contributed by atoms with Gasteiger partial charge in [-0.05, 0) is 61.6 Å². The Hall–Kier alpha value is -4.52. The van der Waals surface area contributed by atoms with Crippen molar-refractivity contribution < 1.29 is 23.8 Å². The van der Waals surface area contributed by atoms with E-state index in [0.29, 0.717) is 46.9 Å². The van der Waals surface area contributed by atoms with Crippen LogP contribution >= 0.6 is 0 Å². The highest BCUT2D eigenvalue weighted by Crippen LogP contribution is 2.46. The van der Waals surface area contributed by atoms with E-state index in [1.54, 1.807) is 33.5 Å². The number of hydrogen-bond donors (Lipinski definition) is 2. The summed E-state index contributed by atoms with van der Waals surface area (Å²) < 4.78 is 16.4. The van der Waals surface area contributed by atoms with Crippen molar-refractivity contribution in [2.45, 2.75) is 38.5 Å². The maximum absolute atomic E-state index is 13.9. The van der Waals surface area contributed by atoms with Crippen LogP contribution in [0.25, 0.3) is 0 Å². The summed E-state index contributed by atoms with van der Waals surface area (Å²) in [6.45, 7) is 3.92. The van der Waals surface area contributed by atoms with Gasteiger partial charge in [0.1, 0.15) is 5.75 Å². The van der Waals surface area contributed by atoms with Crippen LogP contribution in [0.3, 0.4) is 0 Å². The molecule has 0 unspecified atom stereocenters. The smallest absolute Gasteiger partial charge is 0.254 e. The Balaban J connectivity index is 1.54. The second-order valence-electron chi connectivity index (χ2n) is 10.2. The third-order valence-corrected chi connectivity index (χ3v) is 7.72. The van der Waals surface area contributed by atoms with Gasteiger partial charge in [0.05, 0.1) is 27.0 Å². The second-order valence-corrected chi connectivity index (χ2v) is 10.2. The first kappa shape index (κ1) is 27.1. The number of aryl methyl sites for hydroxylation is 1. The van der Waals surface area contributed by atoms with Crippen molar-refractivity contribution >= 4 is 17.4 Å². The third-order valence-electron chi connectivity index (χ3n) is 7.72. The number of para-hydroxylation sites is 2. The number of ether oxygens (including phenoxy) is 3. The van der Waals surface area contributed by atoms with Gasteiger partial charge in [-0.2, -0.15) is 0 Å². The van der Waals surface area contributed by atoms with E-state index in [2.05, 4.69) is 10.6 Å². The number of dihydropyridines is 1. The lowest BCUT2D eigenvalue weighted by atomic mass is 9.71. The summed E-state index contributed by atoms with van der Waals surface area (Å²) in [5, 5.41) is 6.47. The van der Waals surface area contributed by atoms with E-state index in [1.807, 2.05) is 68.4 Å².